The molecule has 4 nitrogen and oxygen atoms in total. The van der Waals surface area contributed by atoms with E-state index in [9.17, 15) is 0 Å². The van der Waals surface area contributed by atoms with Crippen LogP contribution in [0.15, 0.2) is 83.7 Å². The van der Waals surface area contributed by atoms with Crippen molar-refractivity contribution in [3.05, 3.63) is 108 Å². The van der Waals surface area contributed by atoms with Gasteiger partial charge in [-0.05, 0) is 36.6 Å². The van der Waals surface area contributed by atoms with Crippen molar-refractivity contribution in [2.45, 2.75) is 20.8 Å². The Kier molecular flexibility index (Phi) is 7.23. The molecule has 35 heavy (non-hydrogen) atoms. The summed E-state index contributed by atoms with van der Waals surface area (Å²) in [6.07, 6.45) is 5.80. The summed E-state index contributed by atoms with van der Waals surface area (Å²) in [6, 6.07) is 30.1. The Morgan fingerprint density at radius 2 is 1.74 bits per heavy atom. The van der Waals surface area contributed by atoms with Gasteiger partial charge in [-0.3, -0.25) is 0 Å². The van der Waals surface area contributed by atoms with Gasteiger partial charge in [-0.2, -0.15) is 6.07 Å². The average molecular weight is 636 g/mol. The van der Waals surface area contributed by atoms with Crippen LogP contribution in [-0.2, 0) is 20.1 Å². The first-order chi connectivity index (χ1) is 16.5. The van der Waals surface area contributed by atoms with Gasteiger partial charge in [0.1, 0.15) is 11.3 Å². The smallest absolute Gasteiger partial charge is 0.483 e. The van der Waals surface area contributed by atoms with E-state index in [1.165, 1.54) is 16.7 Å². The fourth-order valence-corrected chi connectivity index (χ4v) is 3.76. The number of hydrogen-bond donors (Lipinski definition) is 0. The molecule has 0 saturated carbocycles. The van der Waals surface area contributed by atoms with E-state index >= 15 is 0 Å². The molecule has 0 spiro atoms. The number of rotatable bonds is 2. The summed E-state index contributed by atoms with van der Waals surface area (Å²) in [5.41, 5.74) is 8.38. The number of para-hydroxylation sites is 1. The molecule has 3 heterocycles. The van der Waals surface area contributed by atoms with Crippen molar-refractivity contribution in [2.24, 2.45) is 0 Å². The van der Waals surface area contributed by atoms with Crippen LogP contribution in [0, 0.1) is 32.9 Å². The molecular formula is C30H25IrN3O. The fourth-order valence-electron chi connectivity index (χ4n) is 3.76. The minimum atomic E-state index is 0. The van der Waals surface area contributed by atoms with Crippen LogP contribution in [0.1, 0.15) is 16.7 Å². The molecule has 1 aliphatic heterocycles. The molecule has 0 bridgehead atoms. The predicted octanol–water partition coefficient (Wildman–Crippen LogP) is 6.80. The molecule has 5 aromatic rings. The Labute approximate surface area is 218 Å². The molecule has 0 N–H and O–H groups in total. The molecule has 0 unspecified atom stereocenters. The number of pyridine rings is 1. The van der Waals surface area contributed by atoms with E-state index in [0.717, 1.165) is 38.9 Å². The molecule has 0 saturated heterocycles. The van der Waals surface area contributed by atoms with Crippen LogP contribution >= 0.6 is 0 Å². The molecule has 5 heteroatoms. The van der Waals surface area contributed by atoms with Gasteiger partial charge in [0.15, 0.2) is 7.05 Å². The molecule has 0 amide bonds. The Balaban J connectivity index is 0.000000165. The first kappa shape index (κ1) is 24.5. The zero-order valence-corrected chi connectivity index (χ0v) is 22.5. The molecule has 175 valence electrons. The standard InChI is InChI=1S/C16H11N2O.C14H14N.Ir/c1-17-8-9-18(11-17)12-6-7-14-13-4-2-3-5-15(13)19-16(14)10-12;1-10-4-6-13(7-5-10)14-8-11(2)12(3)9-15-14;/h2-9H,1H3;4-6,8-9H,1-3H3;/q+1;-1;. The number of benzene rings is 3. The number of aryl methyl sites for hydroxylation is 3. The maximum Gasteiger partial charge on any atom is 0.493 e. The number of hydrogen-bond acceptors (Lipinski definition) is 2. The van der Waals surface area contributed by atoms with Gasteiger partial charge in [-0.25, -0.2) is 0 Å². The maximum absolute atomic E-state index is 5.83. The Hall–Kier alpha value is -3.62. The van der Waals surface area contributed by atoms with Crippen molar-refractivity contribution >= 4 is 33.6 Å². The molecular weight excluding hydrogens is 611 g/mol. The van der Waals surface area contributed by atoms with Gasteiger partial charge in [-0.1, -0.05) is 63.4 Å². The average Bonchev–Trinajstić information content (AvgIpc) is 3.45. The van der Waals surface area contributed by atoms with Crippen LogP contribution in [0.4, 0.5) is 5.69 Å². The quantitative estimate of drug-likeness (QED) is 0.158. The molecule has 1 aliphatic rings. The third-order valence-electron chi connectivity index (χ3n) is 5.86. The van der Waals surface area contributed by atoms with Crippen LogP contribution < -0.4 is 0 Å². The van der Waals surface area contributed by atoms with Gasteiger partial charge >= 0.3 is 6.01 Å². The minimum Gasteiger partial charge on any atom is -0.483 e. The van der Waals surface area contributed by atoms with E-state index in [4.69, 9.17) is 4.42 Å². The summed E-state index contributed by atoms with van der Waals surface area (Å²) in [7, 11) is 1.94. The topological polar surface area (TPSA) is 32.0 Å². The second-order valence-electron chi connectivity index (χ2n) is 8.50. The Bertz CT molecular complexity index is 1620. The summed E-state index contributed by atoms with van der Waals surface area (Å²) < 4.78 is 9.60. The van der Waals surface area contributed by atoms with Crippen LogP contribution in [0.25, 0.3) is 33.2 Å². The summed E-state index contributed by atoms with van der Waals surface area (Å²) in [6.45, 7) is 6.24. The van der Waals surface area contributed by atoms with E-state index in [-0.39, 0.29) is 20.1 Å². The molecule has 1 radical (unpaired) electrons. The molecule has 0 fully saturated rings. The van der Waals surface area contributed by atoms with Crippen molar-refractivity contribution in [1.29, 1.82) is 0 Å². The summed E-state index contributed by atoms with van der Waals surface area (Å²) >= 11 is 0. The van der Waals surface area contributed by atoms with Crippen molar-refractivity contribution < 1.29 is 33.7 Å². The van der Waals surface area contributed by atoms with Crippen LogP contribution in [0.2, 0.25) is 0 Å². The molecule has 3 aromatic carbocycles. The van der Waals surface area contributed by atoms with E-state index in [0.29, 0.717) is 0 Å². The van der Waals surface area contributed by atoms with Crippen molar-refractivity contribution in [3.63, 3.8) is 0 Å². The SMILES string of the molecule is C[N+]1=C=[N+](c2[c-]c3oc4ccccc4c3cc2)C=C1.Cc1c[c-]c(-c2cc(C)c(C)cn2)cc1.[Ir]. The number of aromatic nitrogens is 1. The van der Waals surface area contributed by atoms with Crippen LogP contribution in [0.5, 0.6) is 0 Å². The van der Waals surface area contributed by atoms with Crippen molar-refractivity contribution in [1.82, 2.24) is 4.98 Å². The van der Waals surface area contributed by atoms with E-state index < -0.39 is 0 Å². The van der Waals surface area contributed by atoms with E-state index in [1.807, 2.05) is 65.1 Å². The molecule has 0 aliphatic carbocycles. The Morgan fingerprint density at radius 1 is 0.914 bits per heavy atom. The van der Waals surface area contributed by atoms with Crippen LogP contribution in [0.3, 0.4) is 0 Å². The first-order valence-electron chi connectivity index (χ1n) is 11.2. The molecule has 2 aromatic heterocycles. The Morgan fingerprint density at radius 3 is 2.46 bits per heavy atom. The van der Waals surface area contributed by atoms with Gasteiger partial charge < -0.3 is 9.40 Å². The zero-order valence-electron chi connectivity index (χ0n) is 20.1. The third kappa shape index (κ3) is 5.23. The zero-order chi connectivity index (χ0) is 23.7. The minimum absolute atomic E-state index is 0. The van der Waals surface area contributed by atoms with E-state index in [2.05, 4.69) is 74.2 Å². The van der Waals surface area contributed by atoms with Gasteiger partial charge in [0, 0.05) is 31.9 Å². The van der Waals surface area contributed by atoms with Gasteiger partial charge in [0.25, 0.3) is 6.20 Å². The van der Waals surface area contributed by atoms with Crippen molar-refractivity contribution in [2.75, 3.05) is 7.05 Å². The van der Waals surface area contributed by atoms with Gasteiger partial charge in [0.05, 0.1) is 0 Å². The molecule has 6 rings (SSSR count). The summed E-state index contributed by atoms with van der Waals surface area (Å²) in [5, 5.41) is 2.22. The fraction of sp³-hybridized carbons (Fsp3) is 0.133. The van der Waals surface area contributed by atoms with E-state index in [1.54, 1.807) is 0 Å². The maximum atomic E-state index is 5.83. The summed E-state index contributed by atoms with van der Waals surface area (Å²) in [5.74, 6) is 0. The van der Waals surface area contributed by atoms with Crippen molar-refractivity contribution in [3.8, 4) is 11.3 Å². The van der Waals surface area contributed by atoms with Crippen LogP contribution in [-0.4, -0.2) is 27.2 Å². The number of nitrogens with zero attached hydrogens (tertiary/aromatic N) is 3. The number of fused-ring (bicyclic) bond motifs is 3. The normalized spacial score (nSPS) is 12.1. The second kappa shape index (κ2) is 10.3. The first-order valence-corrected chi connectivity index (χ1v) is 11.2. The molecule has 0 atom stereocenters. The third-order valence-corrected chi connectivity index (χ3v) is 5.86. The van der Waals surface area contributed by atoms with Gasteiger partial charge in [0.2, 0.25) is 6.20 Å². The summed E-state index contributed by atoms with van der Waals surface area (Å²) in [4.78, 5) is 4.41. The monoisotopic (exact) mass is 636 g/mol. The van der Waals surface area contributed by atoms with Gasteiger partial charge in [-0.15, -0.1) is 35.4 Å². The second-order valence-corrected chi connectivity index (χ2v) is 8.50. The number of furan rings is 1. The largest absolute Gasteiger partial charge is 0.493 e. The predicted molar refractivity (Wildman–Crippen MR) is 136 cm³/mol.